The zero-order chi connectivity index (χ0) is 12.3. The monoisotopic (exact) mass is 229 g/mol. The maximum atomic E-state index is 4.41. The second-order valence-electron chi connectivity index (χ2n) is 4.57. The molecule has 0 aliphatic carbocycles. The van der Waals surface area contributed by atoms with Crippen LogP contribution < -0.4 is 5.32 Å². The third-order valence-corrected chi connectivity index (χ3v) is 3.12. The van der Waals surface area contributed by atoms with Crippen LogP contribution in [0.15, 0.2) is 36.5 Å². The van der Waals surface area contributed by atoms with Crippen molar-refractivity contribution >= 4 is 16.6 Å². The molecule has 1 aromatic carbocycles. The van der Waals surface area contributed by atoms with Crippen molar-refractivity contribution < 1.29 is 0 Å². The number of rotatable bonds is 4. The Labute approximate surface area is 102 Å². The Bertz CT molecular complexity index is 488. The highest BCUT2D eigenvalue weighted by atomic mass is 15.1. The Morgan fingerprint density at radius 2 is 2.00 bits per heavy atom. The van der Waals surface area contributed by atoms with Crippen LogP contribution in [0.2, 0.25) is 0 Å². The van der Waals surface area contributed by atoms with Crippen LogP contribution in [0.5, 0.6) is 0 Å². The second-order valence-corrected chi connectivity index (χ2v) is 4.57. The lowest BCUT2D eigenvalue weighted by atomic mass is 10.1. The van der Waals surface area contributed by atoms with Crippen LogP contribution in [0.1, 0.15) is 6.92 Å². The molecule has 3 nitrogen and oxygen atoms in total. The average molecular weight is 229 g/mol. The minimum absolute atomic E-state index is 0.482. The maximum Gasteiger partial charge on any atom is 0.133 e. The van der Waals surface area contributed by atoms with Crippen LogP contribution in [0, 0.1) is 0 Å². The lowest BCUT2D eigenvalue weighted by Gasteiger charge is -2.20. The van der Waals surface area contributed by atoms with Gasteiger partial charge in [-0.15, -0.1) is 0 Å². The topological polar surface area (TPSA) is 28.2 Å². The van der Waals surface area contributed by atoms with Crippen LogP contribution in [0.3, 0.4) is 0 Å². The van der Waals surface area contributed by atoms with E-state index in [1.54, 1.807) is 0 Å². The van der Waals surface area contributed by atoms with Crippen LogP contribution >= 0.6 is 0 Å². The summed E-state index contributed by atoms with van der Waals surface area (Å²) in [4.78, 5) is 6.60. The summed E-state index contributed by atoms with van der Waals surface area (Å²) in [5.41, 5.74) is 0. The molecule has 0 saturated heterocycles. The van der Waals surface area contributed by atoms with Crippen molar-refractivity contribution in [1.82, 2.24) is 9.88 Å². The van der Waals surface area contributed by atoms with Crippen molar-refractivity contribution in [3.63, 3.8) is 0 Å². The van der Waals surface area contributed by atoms with Crippen molar-refractivity contribution in [2.45, 2.75) is 13.0 Å². The van der Waals surface area contributed by atoms with E-state index in [1.807, 2.05) is 18.3 Å². The van der Waals surface area contributed by atoms with Crippen molar-refractivity contribution in [3.8, 4) is 0 Å². The first kappa shape index (κ1) is 11.9. The summed E-state index contributed by atoms with van der Waals surface area (Å²) in [6, 6.07) is 10.8. The van der Waals surface area contributed by atoms with Gasteiger partial charge in [-0.05, 0) is 32.5 Å². The van der Waals surface area contributed by atoms with E-state index in [1.165, 1.54) is 10.8 Å². The van der Waals surface area contributed by atoms with Gasteiger partial charge in [-0.3, -0.25) is 0 Å². The molecule has 2 rings (SSSR count). The fourth-order valence-electron chi connectivity index (χ4n) is 1.69. The van der Waals surface area contributed by atoms with E-state index in [0.717, 1.165) is 12.4 Å². The Balaban J connectivity index is 2.19. The largest absolute Gasteiger partial charge is 0.368 e. The molecule has 90 valence electrons. The molecule has 0 aliphatic heterocycles. The first-order valence-corrected chi connectivity index (χ1v) is 5.92. The molecular formula is C14H19N3. The van der Waals surface area contributed by atoms with Gasteiger partial charge in [-0.2, -0.15) is 0 Å². The Hall–Kier alpha value is -1.61. The summed E-state index contributed by atoms with van der Waals surface area (Å²) in [6.07, 6.45) is 1.85. The number of benzene rings is 1. The van der Waals surface area contributed by atoms with Crippen molar-refractivity contribution in [2.24, 2.45) is 0 Å². The molecule has 0 amide bonds. The number of fused-ring (bicyclic) bond motifs is 1. The SMILES string of the molecule is CC(CNc1nccc2ccccc12)N(C)C. The molecule has 1 N–H and O–H groups in total. The highest BCUT2D eigenvalue weighted by Crippen LogP contribution is 2.20. The first-order chi connectivity index (χ1) is 8.18. The molecule has 17 heavy (non-hydrogen) atoms. The van der Waals surface area contributed by atoms with E-state index in [9.17, 15) is 0 Å². The molecule has 0 radical (unpaired) electrons. The smallest absolute Gasteiger partial charge is 0.133 e. The fourth-order valence-corrected chi connectivity index (χ4v) is 1.69. The molecule has 2 aromatic rings. The van der Waals surface area contributed by atoms with E-state index in [2.05, 4.69) is 54.4 Å². The van der Waals surface area contributed by atoms with Gasteiger partial charge in [0.15, 0.2) is 0 Å². The number of hydrogen-bond acceptors (Lipinski definition) is 3. The van der Waals surface area contributed by atoms with Gasteiger partial charge < -0.3 is 10.2 Å². The van der Waals surface area contributed by atoms with Gasteiger partial charge in [0.25, 0.3) is 0 Å². The predicted octanol–water partition coefficient (Wildman–Crippen LogP) is 2.60. The minimum Gasteiger partial charge on any atom is -0.368 e. The lowest BCUT2D eigenvalue weighted by Crippen LogP contribution is -2.31. The van der Waals surface area contributed by atoms with E-state index in [0.29, 0.717) is 6.04 Å². The van der Waals surface area contributed by atoms with Gasteiger partial charge in [-0.25, -0.2) is 4.98 Å². The van der Waals surface area contributed by atoms with E-state index < -0.39 is 0 Å². The number of hydrogen-bond donors (Lipinski definition) is 1. The summed E-state index contributed by atoms with van der Waals surface area (Å²) in [7, 11) is 4.17. The Morgan fingerprint density at radius 3 is 2.76 bits per heavy atom. The number of anilines is 1. The van der Waals surface area contributed by atoms with Gasteiger partial charge >= 0.3 is 0 Å². The van der Waals surface area contributed by atoms with Crippen LogP contribution in [0.25, 0.3) is 10.8 Å². The van der Waals surface area contributed by atoms with Gasteiger partial charge in [0.2, 0.25) is 0 Å². The maximum absolute atomic E-state index is 4.41. The van der Waals surface area contributed by atoms with Crippen LogP contribution in [0.4, 0.5) is 5.82 Å². The van der Waals surface area contributed by atoms with Gasteiger partial charge in [0.1, 0.15) is 5.82 Å². The standard InChI is InChI=1S/C14H19N3/c1-11(17(2)3)10-16-14-13-7-5-4-6-12(13)8-9-15-14/h4-9,11H,10H2,1-3H3,(H,15,16). The number of likely N-dealkylation sites (N-methyl/N-ethyl adjacent to an activating group) is 1. The van der Waals surface area contributed by atoms with Crippen LogP contribution in [-0.4, -0.2) is 36.6 Å². The molecule has 1 atom stereocenters. The highest BCUT2D eigenvalue weighted by Gasteiger charge is 2.06. The fraction of sp³-hybridized carbons (Fsp3) is 0.357. The lowest BCUT2D eigenvalue weighted by molar-refractivity contribution is 0.326. The minimum atomic E-state index is 0.482. The predicted molar refractivity (Wildman–Crippen MR) is 73.4 cm³/mol. The summed E-state index contributed by atoms with van der Waals surface area (Å²) in [5.74, 6) is 0.969. The van der Waals surface area contributed by atoms with Crippen molar-refractivity contribution in [1.29, 1.82) is 0 Å². The molecule has 1 aromatic heterocycles. The molecule has 0 aliphatic rings. The zero-order valence-corrected chi connectivity index (χ0v) is 10.6. The summed E-state index contributed by atoms with van der Waals surface area (Å²) < 4.78 is 0. The number of aromatic nitrogens is 1. The Kier molecular flexibility index (Phi) is 3.59. The number of nitrogens with one attached hydrogen (secondary N) is 1. The molecule has 0 bridgehead atoms. The molecule has 3 heteroatoms. The van der Waals surface area contributed by atoms with E-state index >= 15 is 0 Å². The third kappa shape index (κ3) is 2.74. The highest BCUT2D eigenvalue weighted by molar-refractivity contribution is 5.91. The summed E-state index contributed by atoms with van der Waals surface area (Å²) in [5, 5.41) is 5.82. The second kappa shape index (κ2) is 5.15. The summed E-state index contributed by atoms with van der Waals surface area (Å²) in [6.45, 7) is 3.09. The molecule has 0 saturated carbocycles. The molecule has 1 unspecified atom stereocenters. The normalized spacial score (nSPS) is 12.9. The first-order valence-electron chi connectivity index (χ1n) is 5.92. The number of pyridine rings is 1. The average Bonchev–Trinajstić information content (AvgIpc) is 2.35. The molecular weight excluding hydrogens is 210 g/mol. The van der Waals surface area contributed by atoms with Gasteiger partial charge in [-0.1, -0.05) is 24.3 Å². The Morgan fingerprint density at radius 1 is 1.24 bits per heavy atom. The van der Waals surface area contributed by atoms with Crippen molar-refractivity contribution in [2.75, 3.05) is 26.0 Å². The molecule has 0 spiro atoms. The van der Waals surface area contributed by atoms with Gasteiger partial charge in [0.05, 0.1) is 0 Å². The van der Waals surface area contributed by atoms with E-state index in [-0.39, 0.29) is 0 Å². The summed E-state index contributed by atoms with van der Waals surface area (Å²) >= 11 is 0. The molecule has 1 heterocycles. The number of nitrogens with zero attached hydrogens (tertiary/aromatic N) is 2. The molecule has 0 fully saturated rings. The quantitative estimate of drug-likeness (QED) is 0.873. The van der Waals surface area contributed by atoms with Crippen molar-refractivity contribution in [3.05, 3.63) is 36.5 Å². The van der Waals surface area contributed by atoms with Gasteiger partial charge in [0, 0.05) is 24.2 Å². The van der Waals surface area contributed by atoms with Crippen LogP contribution in [-0.2, 0) is 0 Å². The zero-order valence-electron chi connectivity index (χ0n) is 10.6. The third-order valence-electron chi connectivity index (χ3n) is 3.12. The van der Waals surface area contributed by atoms with E-state index in [4.69, 9.17) is 0 Å².